The number of halogens is 3. The summed E-state index contributed by atoms with van der Waals surface area (Å²) in [6.45, 7) is 3.67. The largest absolute Gasteiger partial charge is 0.385 e. The van der Waals surface area contributed by atoms with Crippen molar-refractivity contribution < 1.29 is 15.2 Å². The van der Waals surface area contributed by atoms with E-state index in [4.69, 9.17) is 39.5 Å². The monoisotopic (exact) mass is 402 g/mol. The summed E-state index contributed by atoms with van der Waals surface area (Å²) >= 11 is 17.9. The molecule has 3 N–H and O–H groups in total. The molecule has 0 amide bonds. The van der Waals surface area contributed by atoms with Crippen LogP contribution in [-0.4, -0.2) is 30.9 Å². The highest BCUT2D eigenvalue weighted by Crippen LogP contribution is 2.21. The molecule has 136 valence electrons. The molecule has 2 aromatic rings. The predicted octanol–water partition coefficient (Wildman–Crippen LogP) is 3.89. The van der Waals surface area contributed by atoms with Gasteiger partial charge in [-0.15, -0.1) is 0 Å². The first-order valence-corrected chi connectivity index (χ1v) is 9.40. The molecular weight excluding hydrogens is 381 g/mol. The molecule has 0 saturated heterocycles. The number of quaternary nitrogens is 1. The molecule has 3 nitrogen and oxygen atoms in total. The van der Waals surface area contributed by atoms with E-state index in [1.54, 1.807) is 6.07 Å². The zero-order valence-corrected chi connectivity index (χ0v) is 16.4. The molecule has 0 aromatic heterocycles. The van der Waals surface area contributed by atoms with Crippen LogP contribution >= 0.6 is 34.8 Å². The Kier molecular flexibility index (Phi) is 8.50. The van der Waals surface area contributed by atoms with Crippen molar-refractivity contribution in [3.63, 3.8) is 0 Å². The topological polar surface area (TPSA) is 46.1 Å². The van der Waals surface area contributed by atoms with E-state index in [-0.39, 0.29) is 6.10 Å². The number of hydrogen-bond acceptors (Lipinski definition) is 2. The number of rotatable bonds is 9. The Balaban J connectivity index is 1.65. The number of hydrogen-bond donors (Lipinski definition) is 2. The molecule has 0 aliphatic rings. The third kappa shape index (κ3) is 7.14. The van der Waals surface area contributed by atoms with E-state index in [0.717, 1.165) is 24.1 Å². The van der Waals surface area contributed by atoms with E-state index in [2.05, 4.69) is 5.32 Å². The van der Waals surface area contributed by atoms with Gasteiger partial charge in [0, 0.05) is 21.5 Å². The van der Waals surface area contributed by atoms with Crippen LogP contribution in [0.5, 0.6) is 0 Å². The molecule has 2 atom stereocenters. The molecule has 6 heteroatoms. The van der Waals surface area contributed by atoms with Gasteiger partial charge in [0.25, 0.3) is 0 Å². The number of nitrogens with two attached hydrogens (primary N) is 1. The summed E-state index contributed by atoms with van der Waals surface area (Å²) in [7, 11) is 0. The van der Waals surface area contributed by atoms with Gasteiger partial charge in [-0.05, 0) is 42.3 Å². The molecule has 0 fully saturated rings. The van der Waals surface area contributed by atoms with Crippen LogP contribution in [0, 0.1) is 0 Å². The van der Waals surface area contributed by atoms with E-state index >= 15 is 0 Å². The lowest BCUT2D eigenvalue weighted by atomic mass is 10.1. The summed E-state index contributed by atoms with van der Waals surface area (Å²) < 4.78 is 5.73. The van der Waals surface area contributed by atoms with E-state index < -0.39 is 6.10 Å². The Morgan fingerprint density at radius 1 is 1.04 bits per heavy atom. The molecule has 0 aliphatic carbocycles. The quantitative estimate of drug-likeness (QED) is 0.624. The van der Waals surface area contributed by atoms with Crippen LogP contribution in [0.1, 0.15) is 24.2 Å². The summed E-state index contributed by atoms with van der Waals surface area (Å²) in [4.78, 5) is 0. The van der Waals surface area contributed by atoms with Crippen molar-refractivity contribution in [2.75, 3.05) is 19.7 Å². The third-order valence-corrected chi connectivity index (χ3v) is 4.79. The van der Waals surface area contributed by atoms with E-state index in [0.29, 0.717) is 28.2 Å². The zero-order chi connectivity index (χ0) is 18.2. The fourth-order valence-electron chi connectivity index (χ4n) is 2.45. The van der Waals surface area contributed by atoms with E-state index in [1.165, 1.54) is 0 Å². The molecule has 0 aliphatic heterocycles. The molecule has 25 heavy (non-hydrogen) atoms. The van der Waals surface area contributed by atoms with Crippen molar-refractivity contribution in [2.24, 2.45) is 0 Å². The van der Waals surface area contributed by atoms with Crippen LogP contribution in [0.25, 0.3) is 0 Å². The molecular formula is C19H23Cl3NO2+. The summed E-state index contributed by atoms with van der Waals surface area (Å²) in [6, 6.07) is 13.1. The maximum atomic E-state index is 10.1. The Hall–Kier alpha value is -0.810. The van der Waals surface area contributed by atoms with E-state index in [9.17, 15) is 5.11 Å². The van der Waals surface area contributed by atoms with Gasteiger partial charge < -0.3 is 15.2 Å². The zero-order valence-electron chi connectivity index (χ0n) is 14.1. The summed E-state index contributed by atoms with van der Waals surface area (Å²) in [5, 5.41) is 14.1. The molecule has 2 rings (SSSR count). The smallest absolute Gasteiger partial charge is 0.126 e. The number of aliphatic hydroxyl groups excluding tert-OH is 1. The van der Waals surface area contributed by atoms with Crippen LogP contribution in [-0.2, 0) is 11.2 Å². The Morgan fingerprint density at radius 3 is 2.40 bits per heavy atom. The standard InChI is InChI=1S/C19H22Cl3NO2/c1-13(14-2-5-16(20)6-3-14)25-12-18(24)11-23-9-8-15-4-7-17(21)10-19(15)22/h2-7,10,13,18,23-24H,8-9,11-12H2,1H3/p+1/t13-,18-/m0/s1. The predicted molar refractivity (Wildman–Crippen MR) is 104 cm³/mol. The highest BCUT2D eigenvalue weighted by molar-refractivity contribution is 6.35. The van der Waals surface area contributed by atoms with Crippen molar-refractivity contribution in [1.29, 1.82) is 0 Å². The van der Waals surface area contributed by atoms with Gasteiger partial charge >= 0.3 is 0 Å². The fraction of sp³-hybridized carbons (Fsp3) is 0.368. The number of ether oxygens (including phenoxy) is 1. The Labute approximate surface area is 163 Å². The number of benzene rings is 2. The van der Waals surface area contributed by atoms with Crippen molar-refractivity contribution in [3.8, 4) is 0 Å². The normalized spacial score (nSPS) is 13.6. The first-order valence-electron chi connectivity index (χ1n) is 8.26. The van der Waals surface area contributed by atoms with Gasteiger partial charge in [0.05, 0.1) is 19.3 Å². The molecule has 2 aromatic carbocycles. The Morgan fingerprint density at radius 2 is 1.72 bits per heavy atom. The molecule has 0 heterocycles. The summed E-state index contributed by atoms with van der Waals surface area (Å²) in [5.41, 5.74) is 2.10. The second-order valence-electron chi connectivity index (χ2n) is 5.98. The van der Waals surface area contributed by atoms with E-state index in [1.807, 2.05) is 43.3 Å². The average Bonchev–Trinajstić information content (AvgIpc) is 2.58. The summed E-state index contributed by atoms with van der Waals surface area (Å²) in [5.74, 6) is 0. The Bertz CT molecular complexity index is 664. The van der Waals surface area contributed by atoms with Crippen molar-refractivity contribution in [1.82, 2.24) is 0 Å². The van der Waals surface area contributed by atoms with Gasteiger partial charge in [-0.1, -0.05) is 53.0 Å². The fourth-order valence-corrected chi connectivity index (χ4v) is 3.07. The van der Waals surface area contributed by atoms with Crippen molar-refractivity contribution >= 4 is 34.8 Å². The second-order valence-corrected chi connectivity index (χ2v) is 7.26. The van der Waals surface area contributed by atoms with Crippen molar-refractivity contribution in [3.05, 3.63) is 68.7 Å². The molecule has 0 saturated carbocycles. The van der Waals surface area contributed by atoms with Gasteiger partial charge in [0.1, 0.15) is 12.6 Å². The maximum absolute atomic E-state index is 10.1. The lowest BCUT2D eigenvalue weighted by molar-refractivity contribution is -0.660. The van der Waals surface area contributed by atoms with Gasteiger partial charge in [-0.3, -0.25) is 0 Å². The average molecular weight is 404 g/mol. The van der Waals surface area contributed by atoms with Gasteiger partial charge in [0.15, 0.2) is 0 Å². The summed E-state index contributed by atoms with van der Waals surface area (Å²) in [6.07, 6.45) is 0.223. The van der Waals surface area contributed by atoms with Crippen LogP contribution in [0.15, 0.2) is 42.5 Å². The lowest BCUT2D eigenvalue weighted by Crippen LogP contribution is -2.87. The van der Waals surface area contributed by atoms with Gasteiger partial charge in [-0.2, -0.15) is 0 Å². The maximum Gasteiger partial charge on any atom is 0.126 e. The number of aliphatic hydroxyl groups is 1. The van der Waals surface area contributed by atoms with Gasteiger partial charge in [-0.25, -0.2) is 0 Å². The third-order valence-electron chi connectivity index (χ3n) is 3.95. The van der Waals surface area contributed by atoms with Crippen LogP contribution in [0.4, 0.5) is 0 Å². The van der Waals surface area contributed by atoms with Gasteiger partial charge in [0.2, 0.25) is 0 Å². The SMILES string of the molecule is C[C@H](OC[C@@H](O)C[NH2+]CCc1ccc(Cl)cc1Cl)c1ccc(Cl)cc1. The molecule has 0 bridgehead atoms. The highest BCUT2D eigenvalue weighted by atomic mass is 35.5. The first-order chi connectivity index (χ1) is 12.0. The first kappa shape index (κ1) is 20.5. The van der Waals surface area contributed by atoms with Crippen molar-refractivity contribution in [2.45, 2.75) is 25.6 Å². The van der Waals surface area contributed by atoms with Crippen LogP contribution < -0.4 is 5.32 Å². The minimum atomic E-state index is -0.518. The second kappa shape index (κ2) is 10.4. The van der Waals surface area contributed by atoms with Crippen LogP contribution in [0.2, 0.25) is 15.1 Å². The highest BCUT2D eigenvalue weighted by Gasteiger charge is 2.11. The molecule has 0 unspecified atom stereocenters. The lowest BCUT2D eigenvalue weighted by Gasteiger charge is -2.16. The minimum absolute atomic E-state index is 0.0835. The van der Waals surface area contributed by atoms with Crippen LogP contribution in [0.3, 0.4) is 0 Å². The molecule has 0 spiro atoms. The minimum Gasteiger partial charge on any atom is -0.385 e. The molecule has 0 radical (unpaired) electrons.